The van der Waals surface area contributed by atoms with Crippen molar-refractivity contribution in [2.45, 2.75) is 64.0 Å². The molecule has 0 heterocycles. The predicted molar refractivity (Wildman–Crippen MR) is 112 cm³/mol. The molecule has 0 saturated heterocycles. The molecule has 1 N–H and O–H groups in total. The molecule has 0 radical (unpaired) electrons. The van der Waals surface area contributed by atoms with Crippen LogP contribution in [0.25, 0.3) is 0 Å². The van der Waals surface area contributed by atoms with Gasteiger partial charge in [-0.1, -0.05) is 63.4 Å². The molecular formula is C23H31N3O4. The molecule has 2 amide bonds. The zero-order valence-corrected chi connectivity index (χ0v) is 18.0. The molecule has 1 aromatic carbocycles. The summed E-state index contributed by atoms with van der Waals surface area (Å²) in [7, 11) is 1.59. The van der Waals surface area contributed by atoms with Gasteiger partial charge in [-0.05, 0) is 24.3 Å². The van der Waals surface area contributed by atoms with Crippen LogP contribution in [0.1, 0.15) is 51.5 Å². The zero-order valence-electron chi connectivity index (χ0n) is 18.0. The van der Waals surface area contributed by atoms with Crippen LogP contribution in [0, 0.1) is 17.2 Å². The largest absolute Gasteiger partial charge is 0.454 e. The normalized spacial score (nSPS) is 16.2. The van der Waals surface area contributed by atoms with Gasteiger partial charge in [-0.15, -0.1) is 0 Å². The van der Waals surface area contributed by atoms with Gasteiger partial charge in [0.05, 0.1) is 12.5 Å². The lowest BCUT2D eigenvalue weighted by atomic mass is 9.81. The number of nitriles is 1. The van der Waals surface area contributed by atoms with Gasteiger partial charge in [0, 0.05) is 7.05 Å². The van der Waals surface area contributed by atoms with E-state index in [1.54, 1.807) is 20.9 Å². The van der Waals surface area contributed by atoms with Crippen molar-refractivity contribution >= 4 is 17.8 Å². The quantitative estimate of drug-likeness (QED) is 0.661. The summed E-state index contributed by atoms with van der Waals surface area (Å²) in [5.74, 6) is -1.55. The Kier molecular flexibility index (Phi) is 8.40. The molecule has 0 bridgehead atoms. The number of carbonyl (C=O) groups is 3. The van der Waals surface area contributed by atoms with Gasteiger partial charge in [0.15, 0.2) is 6.61 Å². The average Bonchev–Trinajstić information content (AvgIpc) is 2.76. The number of hydrogen-bond donors (Lipinski definition) is 1. The molecule has 7 nitrogen and oxygen atoms in total. The maximum Gasteiger partial charge on any atom is 0.329 e. The number of nitrogens with zero attached hydrogens (tertiary/aromatic N) is 2. The molecule has 1 fully saturated rings. The van der Waals surface area contributed by atoms with Crippen molar-refractivity contribution in [2.75, 3.05) is 13.7 Å². The molecule has 2 rings (SSSR count). The van der Waals surface area contributed by atoms with E-state index in [0.717, 1.165) is 24.8 Å². The van der Waals surface area contributed by atoms with E-state index < -0.39 is 30.1 Å². The van der Waals surface area contributed by atoms with E-state index in [9.17, 15) is 19.6 Å². The maximum absolute atomic E-state index is 12.6. The summed E-state index contributed by atoms with van der Waals surface area (Å²) in [4.78, 5) is 38.9. The summed E-state index contributed by atoms with van der Waals surface area (Å²) >= 11 is 0. The lowest BCUT2D eigenvalue weighted by Gasteiger charge is -2.38. The van der Waals surface area contributed by atoms with E-state index in [4.69, 9.17) is 4.74 Å². The Bertz CT molecular complexity index is 779. The van der Waals surface area contributed by atoms with Crippen LogP contribution in [0.4, 0.5) is 0 Å². The minimum Gasteiger partial charge on any atom is -0.454 e. The van der Waals surface area contributed by atoms with Crippen LogP contribution in [0.2, 0.25) is 0 Å². The zero-order chi connectivity index (χ0) is 22.1. The molecule has 0 aromatic heterocycles. The fourth-order valence-corrected chi connectivity index (χ4v) is 3.72. The first kappa shape index (κ1) is 23.4. The first-order chi connectivity index (χ1) is 14.3. The minimum atomic E-state index is -0.848. The second-order valence-electron chi connectivity index (χ2n) is 8.22. The summed E-state index contributed by atoms with van der Waals surface area (Å²) < 4.78 is 5.23. The Hall–Kier alpha value is -2.88. The summed E-state index contributed by atoms with van der Waals surface area (Å²) in [6.45, 7) is 3.15. The van der Waals surface area contributed by atoms with Crippen LogP contribution < -0.4 is 5.32 Å². The number of esters is 1. The van der Waals surface area contributed by atoms with Crippen molar-refractivity contribution in [3.8, 4) is 6.07 Å². The molecule has 1 atom stereocenters. The first-order valence-corrected chi connectivity index (χ1v) is 10.5. The van der Waals surface area contributed by atoms with Crippen LogP contribution in [0.15, 0.2) is 30.3 Å². The molecule has 30 heavy (non-hydrogen) atoms. The van der Waals surface area contributed by atoms with Crippen molar-refractivity contribution in [1.29, 1.82) is 5.26 Å². The van der Waals surface area contributed by atoms with Gasteiger partial charge in [-0.25, -0.2) is 4.79 Å². The van der Waals surface area contributed by atoms with Crippen molar-refractivity contribution < 1.29 is 19.1 Å². The monoisotopic (exact) mass is 413 g/mol. The summed E-state index contributed by atoms with van der Waals surface area (Å²) in [6.07, 6.45) is 4.26. The molecular weight excluding hydrogens is 382 g/mol. The molecule has 1 aliphatic carbocycles. The average molecular weight is 414 g/mol. The van der Waals surface area contributed by atoms with Crippen molar-refractivity contribution in [1.82, 2.24) is 10.2 Å². The van der Waals surface area contributed by atoms with Gasteiger partial charge in [0.25, 0.3) is 5.91 Å². The number of rotatable bonds is 8. The molecule has 0 spiro atoms. The molecule has 1 aromatic rings. The van der Waals surface area contributed by atoms with Crippen LogP contribution in [0.5, 0.6) is 0 Å². The van der Waals surface area contributed by atoms with Gasteiger partial charge in [-0.3, -0.25) is 9.59 Å². The minimum absolute atomic E-state index is 0.156. The number of likely N-dealkylation sites (N-methyl/N-ethyl adjacent to an activating group) is 1. The van der Waals surface area contributed by atoms with E-state index in [1.807, 2.05) is 30.3 Å². The van der Waals surface area contributed by atoms with Crippen LogP contribution in [-0.4, -0.2) is 47.9 Å². The predicted octanol–water partition coefficient (Wildman–Crippen LogP) is 2.60. The highest BCUT2D eigenvalue weighted by molar-refractivity contribution is 5.87. The van der Waals surface area contributed by atoms with E-state index in [2.05, 4.69) is 11.4 Å². The van der Waals surface area contributed by atoms with Crippen molar-refractivity contribution in [2.24, 2.45) is 5.92 Å². The SMILES string of the molecule is CC(C)[C@H](NC(=O)Cc1ccccc1)C(=O)OCC(=O)N(C)C1(C#N)CCCCC1. The fourth-order valence-electron chi connectivity index (χ4n) is 3.72. The highest BCUT2D eigenvalue weighted by Gasteiger charge is 2.39. The third-order valence-corrected chi connectivity index (χ3v) is 5.69. The lowest BCUT2D eigenvalue weighted by molar-refractivity contribution is -0.156. The Balaban J connectivity index is 1.92. The summed E-state index contributed by atoms with van der Waals surface area (Å²) in [5, 5.41) is 12.3. The highest BCUT2D eigenvalue weighted by atomic mass is 16.5. The second-order valence-corrected chi connectivity index (χ2v) is 8.22. The second kappa shape index (κ2) is 10.8. The molecule has 1 saturated carbocycles. The number of ether oxygens (including phenoxy) is 1. The van der Waals surface area contributed by atoms with E-state index in [1.165, 1.54) is 4.90 Å². The van der Waals surface area contributed by atoms with Gasteiger partial charge < -0.3 is 15.0 Å². The van der Waals surface area contributed by atoms with Gasteiger partial charge >= 0.3 is 5.97 Å². The van der Waals surface area contributed by atoms with Gasteiger partial charge in [0.1, 0.15) is 11.6 Å². The highest BCUT2D eigenvalue weighted by Crippen LogP contribution is 2.32. The first-order valence-electron chi connectivity index (χ1n) is 10.5. The smallest absolute Gasteiger partial charge is 0.329 e. The van der Waals surface area contributed by atoms with E-state index >= 15 is 0 Å². The van der Waals surface area contributed by atoms with Gasteiger partial charge in [0.2, 0.25) is 5.91 Å². The Labute approximate surface area is 178 Å². The van der Waals surface area contributed by atoms with Crippen molar-refractivity contribution in [3.05, 3.63) is 35.9 Å². The van der Waals surface area contributed by atoms with Crippen molar-refractivity contribution in [3.63, 3.8) is 0 Å². The van der Waals surface area contributed by atoms with E-state index in [-0.39, 0.29) is 18.2 Å². The number of benzene rings is 1. The summed E-state index contributed by atoms with van der Waals surface area (Å²) in [6, 6.07) is 10.7. The molecule has 0 aliphatic heterocycles. The number of carbonyl (C=O) groups excluding carboxylic acids is 3. The third-order valence-electron chi connectivity index (χ3n) is 5.69. The Morgan fingerprint density at radius 1 is 1.17 bits per heavy atom. The molecule has 162 valence electrons. The Morgan fingerprint density at radius 2 is 1.80 bits per heavy atom. The molecule has 0 unspecified atom stereocenters. The van der Waals surface area contributed by atoms with E-state index in [0.29, 0.717) is 12.8 Å². The number of hydrogen-bond acceptors (Lipinski definition) is 5. The Morgan fingerprint density at radius 3 is 2.37 bits per heavy atom. The summed E-state index contributed by atoms with van der Waals surface area (Å²) in [5.41, 5.74) is 0.0141. The topological polar surface area (TPSA) is 99.5 Å². The number of nitrogens with one attached hydrogen (secondary N) is 1. The third kappa shape index (κ3) is 6.06. The van der Waals surface area contributed by atoms with Crippen LogP contribution in [-0.2, 0) is 25.5 Å². The number of amides is 2. The lowest BCUT2D eigenvalue weighted by Crippen LogP contribution is -2.52. The molecule has 1 aliphatic rings. The standard InChI is InChI=1S/C23H31N3O4/c1-17(2)21(25-19(27)14-18-10-6-4-7-11-18)22(29)30-15-20(28)26(3)23(16-24)12-8-5-9-13-23/h4,6-7,10-11,17,21H,5,8-9,12-15H2,1-3H3,(H,25,27)/t21-/m0/s1. The van der Waals surface area contributed by atoms with Crippen LogP contribution >= 0.6 is 0 Å². The van der Waals surface area contributed by atoms with Crippen LogP contribution in [0.3, 0.4) is 0 Å². The van der Waals surface area contributed by atoms with Gasteiger partial charge in [-0.2, -0.15) is 5.26 Å². The fraction of sp³-hybridized carbons (Fsp3) is 0.565. The molecule has 7 heteroatoms. The maximum atomic E-state index is 12.6.